The molecule has 0 spiro atoms. The zero-order valence-corrected chi connectivity index (χ0v) is 18.8. The van der Waals surface area contributed by atoms with Gasteiger partial charge >= 0.3 is 0 Å². The van der Waals surface area contributed by atoms with Crippen molar-refractivity contribution in [3.05, 3.63) is 89.8 Å². The van der Waals surface area contributed by atoms with E-state index in [9.17, 15) is 19.8 Å². The molecule has 1 amide bonds. The van der Waals surface area contributed by atoms with Gasteiger partial charge < -0.3 is 14.9 Å². The fourth-order valence-electron chi connectivity index (χ4n) is 4.01. The maximum Gasteiger partial charge on any atom is 0.300 e. The number of carbonyl (C=O) groups is 2. The third kappa shape index (κ3) is 4.50. The minimum Gasteiger partial charge on any atom is -0.507 e. The van der Waals surface area contributed by atoms with Crippen LogP contribution >= 0.6 is 0 Å². The molecule has 1 aliphatic heterocycles. The number of aliphatic hydroxyl groups excluding tert-OH is 1. The van der Waals surface area contributed by atoms with E-state index in [1.54, 1.807) is 60.8 Å². The molecule has 1 aromatic heterocycles. The van der Waals surface area contributed by atoms with Crippen LogP contribution in [-0.4, -0.2) is 33.5 Å². The van der Waals surface area contributed by atoms with E-state index in [-0.39, 0.29) is 22.8 Å². The van der Waals surface area contributed by atoms with Gasteiger partial charge in [-0.15, -0.1) is 0 Å². The number of phenols is 1. The standard InChI is InChI=1S/C27H26N2O5/c1-2-3-6-16-34-20-13-11-18(12-14-20)25(31)23-24(19-8-7-15-28-17-19)29(27(33)26(23)32)21-9-4-5-10-22(21)30/h4-5,7-15,17,24,30-31H,2-3,6,16H2,1H3/b25-23+. The number of hydrogen-bond acceptors (Lipinski definition) is 6. The van der Waals surface area contributed by atoms with Crippen molar-refractivity contribution >= 4 is 23.1 Å². The molecule has 2 aromatic carbocycles. The molecule has 2 N–H and O–H groups in total. The van der Waals surface area contributed by atoms with Gasteiger partial charge in [0.05, 0.1) is 23.9 Å². The van der Waals surface area contributed by atoms with Crippen molar-refractivity contribution in [2.75, 3.05) is 11.5 Å². The summed E-state index contributed by atoms with van der Waals surface area (Å²) in [5.74, 6) is -1.47. The lowest BCUT2D eigenvalue weighted by atomic mass is 9.96. The normalized spacial score (nSPS) is 17.2. The number of hydrogen-bond donors (Lipinski definition) is 2. The molecule has 2 heterocycles. The van der Waals surface area contributed by atoms with Gasteiger partial charge in [0.1, 0.15) is 17.3 Å². The Labute approximate surface area is 198 Å². The molecule has 3 aromatic rings. The lowest BCUT2D eigenvalue weighted by molar-refractivity contribution is -0.132. The third-order valence-corrected chi connectivity index (χ3v) is 5.73. The highest BCUT2D eigenvalue weighted by Crippen LogP contribution is 2.44. The summed E-state index contributed by atoms with van der Waals surface area (Å²) in [6.07, 6.45) is 6.26. The summed E-state index contributed by atoms with van der Waals surface area (Å²) in [5.41, 5.74) is 1.01. The number of pyridine rings is 1. The van der Waals surface area contributed by atoms with Gasteiger partial charge in [-0.3, -0.25) is 19.5 Å². The van der Waals surface area contributed by atoms with Crippen molar-refractivity contribution in [2.24, 2.45) is 0 Å². The lowest BCUT2D eigenvalue weighted by Crippen LogP contribution is -2.29. The highest BCUT2D eigenvalue weighted by atomic mass is 16.5. The van der Waals surface area contributed by atoms with Crippen LogP contribution in [0, 0.1) is 0 Å². The highest BCUT2D eigenvalue weighted by molar-refractivity contribution is 6.51. The van der Waals surface area contributed by atoms with Gasteiger partial charge in [-0.25, -0.2) is 0 Å². The first-order valence-corrected chi connectivity index (χ1v) is 11.2. The summed E-state index contributed by atoms with van der Waals surface area (Å²) in [4.78, 5) is 31.5. The summed E-state index contributed by atoms with van der Waals surface area (Å²) in [6.45, 7) is 2.73. The first kappa shape index (κ1) is 23.0. The molecule has 0 radical (unpaired) electrons. The number of aromatic nitrogens is 1. The first-order chi connectivity index (χ1) is 16.5. The number of rotatable bonds is 8. The number of ether oxygens (including phenoxy) is 1. The van der Waals surface area contributed by atoms with E-state index < -0.39 is 17.7 Å². The summed E-state index contributed by atoms with van der Waals surface area (Å²) >= 11 is 0. The van der Waals surface area contributed by atoms with Crippen LogP contribution in [0.2, 0.25) is 0 Å². The molecular formula is C27H26N2O5. The minimum absolute atomic E-state index is 0.0714. The number of ketones is 1. The predicted octanol–water partition coefficient (Wildman–Crippen LogP) is 4.98. The Kier molecular flexibility index (Phi) is 6.92. The Morgan fingerprint density at radius 1 is 1.03 bits per heavy atom. The molecule has 1 aliphatic rings. The van der Waals surface area contributed by atoms with Crippen LogP contribution in [0.3, 0.4) is 0 Å². The molecule has 1 fully saturated rings. The molecule has 0 aliphatic carbocycles. The highest BCUT2D eigenvalue weighted by Gasteiger charge is 2.47. The zero-order valence-electron chi connectivity index (χ0n) is 18.8. The van der Waals surface area contributed by atoms with E-state index in [4.69, 9.17) is 4.74 Å². The van der Waals surface area contributed by atoms with E-state index >= 15 is 0 Å². The first-order valence-electron chi connectivity index (χ1n) is 11.2. The fourth-order valence-corrected chi connectivity index (χ4v) is 4.01. The Balaban J connectivity index is 1.75. The van der Waals surface area contributed by atoms with Crippen LogP contribution < -0.4 is 9.64 Å². The van der Waals surface area contributed by atoms with Crippen LogP contribution in [0.4, 0.5) is 5.69 Å². The molecule has 7 heteroatoms. The van der Waals surface area contributed by atoms with Crippen molar-refractivity contribution < 1.29 is 24.5 Å². The Morgan fingerprint density at radius 3 is 2.47 bits per heavy atom. The molecule has 1 saturated heterocycles. The SMILES string of the molecule is CCCCCOc1ccc(/C(O)=C2\C(=O)C(=O)N(c3ccccc3O)C2c2cccnc2)cc1. The maximum absolute atomic E-state index is 13.1. The van der Waals surface area contributed by atoms with E-state index in [0.717, 1.165) is 19.3 Å². The number of unbranched alkanes of at least 4 members (excludes halogenated alkanes) is 2. The summed E-state index contributed by atoms with van der Waals surface area (Å²) in [5, 5.41) is 21.6. The number of anilines is 1. The number of amides is 1. The van der Waals surface area contributed by atoms with Crippen molar-refractivity contribution in [3.8, 4) is 11.5 Å². The Hall–Kier alpha value is -4.13. The second kappa shape index (κ2) is 10.2. The van der Waals surface area contributed by atoms with Gasteiger partial charge in [-0.2, -0.15) is 0 Å². The monoisotopic (exact) mass is 458 g/mol. The lowest BCUT2D eigenvalue weighted by Gasteiger charge is -2.25. The zero-order chi connectivity index (χ0) is 24.1. The van der Waals surface area contributed by atoms with Crippen LogP contribution in [0.25, 0.3) is 5.76 Å². The van der Waals surface area contributed by atoms with Gasteiger partial charge in [0.15, 0.2) is 0 Å². The fraction of sp³-hybridized carbons (Fsp3) is 0.222. The average molecular weight is 459 g/mol. The Morgan fingerprint density at radius 2 is 1.79 bits per heavy atom. The number of benzene rings is 2. The number of Topliss-reactive ketones (excluding diaryl/α,β-unsaturated/α-hetero) is 1. The van der Waals surface area contributed by atoms with Crippen LogP contribution in [0.15, 0.2) is 78.6 Å². The van der Waals surface area contributed by atoms with Crippen molar-refractivity contribution in [2.45, 2.75) is 32.2 Å². The molecule has 0 bridgehead atoms. The van der Waals surface area contributed by atoms with E-state index in [2.05, 4.69) is 11.9 Å². The summed E-state index contributed by atoms with van der Waals surface area (Å²) < 4.78 is 5.72. The maximum atomic E-state index is 13.1. The molecule has 4 rings (SSSR count). The van der Waals surface area contributed by atoms with Crippen molar-refractivity contribution in [1.29, 1.82) is 0 Å². The smallest absolute Gasteiger partial charge is 0.300 e. The van der Waals surface area contributed by atoms with E-state index in [1.165, 1.54) is 17.2 Å². The molecule has 1 unspecified atom stereocenters. The summed E-state index contributed by atoms with van der Waals surface area (Å²) in [6, 6.07) is 15.5. The van der Waals surface area contributed by atoms with E-state index in [0.29, 0.717) is 23.5 Å². The Bertz CT molecular complexity index is 1210. The number of nitrogens with zero attached hydrogens (tertiary/aromatic N) is 2. The molecular weight excluding hydrogens is 432 g/mol. The van der Waals surface area contributed by atoms with E-state index in [1.807, 2.05) is 0 Å². The second-order valence-corrected chi connectivity index (χ2v) is 8.02. The van der Waals surface area contributed by atoms with Crippen molar-refractivity contribution in [3.63, 3.8) is 0 Å². The molecule has 7 nitrogen and oxygen atoms in total. The predicted molar refractivity (Wildman–Crippen MR) is 129 cm³/mol. The van der Waals surface area contributed by atoms with Crippen LogP contribution in [0.5, 0.6) is 11.5 Å². The molecule has 174 valence electrons. The largest absolute Gasteiger partial charge is 0.507 e. The topological polar surface area (TPSA) is 100.0 Å². The van der Waals surface area contributed by atoms with Crippen LogP contribution in [0.1, 0.15) is 43.4 Å². The quantitative estimate of drug-likeness (QED) is 0.214. The van der Waals surface area contributed by atoms with Crippen molar-refractivity contribution in [1.82, 2.24) is 4.98 Å². The average Bonchev–Trinajstić information content (AvgIpc) is 3.13. The van der Waals surface area contributed by atoms with Gasteiger partial charge in [0.25, 0.3) is 11.7 Å². The van der Waals surface area contributed by atoms with Gasteiger partial charge in [0, 0.05) is 18.0 Å². The number of phenolic OH excluding ortho intramolecular Hbond substituents is 1. The molecule has 0 saturated carbocycles. The number of carbonyl (C=O) groups excluding carboxylic acids is 2. The molecule has 1 atom stereocenters. The number of para-hydroxylation sites is 2. The van der Waals surface area contributed by atoms with Gasteiger partial charge in [-0.1, -0.05) is 38.0 Å². The summed E-state index contributed by atoms with van der Waals surface area (Å²) in [7, 11) is 0. The number of aliphatic hydroxyl groups is 1. The number of aromatic hydroxyl groups is 1. The second-order valence-electron chi connectivity index (χ2n) is 8.02. The van der Waals surface area contributed by atoms with Gasteiger partial charge in [-0.05, 0) is 54.4 Å². The minimum atomic E-state index is -0.952. The van der Waals surface area contributed by atoms with Gasteiger partial charge in [0.2, 0.25) is 0 Å². The van der Waals surface area contributed by atoms with Crippen LogP contribution in [-0.2, 0) is 9.59 Å². The molecule has 34 heavy (non-hydrogen) atoms. The third-order valence-electron chi connectivity index (χ3n) is 5.73.